The number of fused-ring (bicyclic) bond motifs is 3. The number of rotatable bonds is 5. The lowest BCUT2D eigenvalue weighted by Crippen LogP contribution is -2.34. The maximum Gasteiger partial charge on any atom is 0.408 e. The van der Waals surface area contributed by atoms with Crippen LogP contribution >= 0.6 is 0 Å². The fraction of sp³-hybridized carbons (Fsp3) is 0.310. The van der Waals surface area contributed by atoms with Gasteiger partial charge in [-0.3, -0.25) is 4.98 Å². The van der Waals surface area contributed by atoms with Crippen LogP contribution in [0.3, 0.4) is 0 Å². The molecule has 210 valence electrons. The summed E-state index contributed by atoms with van der Waals surface area (Å²) in [5.41, 5.74) is 3.23. The number of aromatic nitrogens is 2. The molecule has 0 saturated carbocycles. The fourth-order valence-electron chi connectivity index (χ4n) is 4.99. The van der Waals surface area contributed by atoms with Gasteiger partial charge in [0.1, 0.15) is 5.60 Å². The van der Waals surface area contributed by atoms with E-state index in [4.69, 9.17) is 4.74 Å². The Labute approximate surface area is 234 Å². The van der Waals surface area contributed by atoms with Crippen LogP contribution in [0.1, 0.15) is 49.9 Å². The van der Waals surface area contributed by atoms with Crippen molar-refractivity contribution in [3.05, 3.63) is 77.5 Å². The Balaban J connectivity index is 1.67. The molecule has 0 bridgehead atoms. The predicted molar refractivity (Wildman–Crippen MR) is 152 cm³/mol. The van der Waals surface area contributed by atoms with Crippen LogP contribution < -0.4 is 5.32 Å². The molecule has 4 aromatic rings. The zero-order valence-electron chi connectivity index (χ0n) is 22.9. The van der Waals surface area contributed by atoms with Crippen LogP contribution in [0.15, 0.2) is 70.6 Å². The van der Waals surface area contributed by atoms with Crippen molar-refractivity contribution in [2.24, 2.45) is 0 Å². The number of carbonyl (C=O) groups excluding carboxylic acids is 1. The average molecular weight is 582 g/mol. The topological polar surface area (TPSA) is 124 Å². The molecule has 2 aromatic carbocycles. The minimum Gasteiger partial charge on any atom is -0.444 e. The average Bonchev–Trinajstić information content (AvgIpc) is 3.44. The van der Waals surface area contributed by atoms with Crippen molar-refractivity contribution < 1.29 is 26.4 Å². The molecule has 0 aliphatic heterocycles. The Kier molecular flexibility index (Phi) is 6.78. The molecule has 0 saturated heterocycles. The number of hydrogen-bond acceptors (Lipinski definition) is 7. The van der Waals surface area contributed by atoms with Crippen molar-refractivity contribution in [2.75, 3.05) is 6.26 Å². The second-order valence-corrected chi connectivity index (χ2v) is 14.9. The monoisotopic (exact) mass is 581 g/mol. The molecule has 1 aliphatic carbocycles. The van der Waals surface area contributed by atoms with Gasteiger partial charge in [-0.05, 0) is 88.1 Å². The van der Waals surface area contributed by atoms with Gasteiger partial charge in [0.15, 0.2) is 9.84 Å². The van der Waals surface area contributed by atoms with Crippen molar-refractivity contribution in [3.8, 4) is 11.4 Å². The summed E-state index contributed by atoms with van der Waals surface area (Å²) < 4.78 is 58.8. The van der Waals surface area contributed by atoms with Crippen molar-refractivity contribution in [2.45, 2.75) is 62.0 Å². The summed E-state index contributed by atoms with van der Waals surface area (Å²) in [4.78, 5) is 17.0. The van der Waals surface area contributed by atoms with Crippen molar-refractivity contribution in [1.82, 2.24) is 14.3 Å². The predicted octanol–water partition coefficient (Wildman–Crippen LogP) is 5.16. The van der Waals surface area contributed by atoms with E-state index in [-0.39, 0.29) is 15.8 Å². The van der Waals surface area contributed by atoms with E-state index in [0.29, 0.717) is 29.7 Å². The van der Waals surface area contributed by atoms with E-state index in [9.17, 15) is 21.6 Å². The number of nitrogens with zero attached hydrogens (tertiary/aromatic N) is 2. The quantitative estimate of drug-likeness (QED) is 0.345. The molecule has 9 nitrogen and oxygen atoms in total. The molecule has 2 heterocycles. The highest BCUT2D eigenvalue weighted by molar-refractivity contribution is 7.90. The van der Waals surface area contributed by atoms with E-state index in [2.05, 4.69) is 10.3 Å². The van der Waals surface area contributed by atoms with E-state index < -0.39 is 31.6 Å². The van der Waals surface area contributed by atoms with Crippen molar-refractivity contribution in [1.29, 1.82) is 0 Å². The van der Waals surface area contributed by atoms with Crippen LogP contribution in [0.25, 0.3) is 22.3 Å². The van der Waals surface area contributed by atoms with Gasteiger partial charge in [0.25, 0.3) is 10.0 Å². The van der Waals surface area contributed by atoms with Crippen LogP contribution in [0, 0.1) is 6.92 Å². The summed E-state index contributed by atoms with van der Waals surface area (Å²) in [5.74, 6) is 0. The number of carbonyl (C=O) groups is 1. The van der Waals surface area contributed by atoms with E-state index in [0.717, 1.165) is 28.3 Å². The zero-order chi connectivity index (χ0) is 29.0. The lowest BCUT2D eigenvalue weighted by molar-refractivity contribution is 0.0503. The Hall–Kier alpha value is -3.70. The Morgan fingerprint density at radius 2 is 1.68 bits per heavy atom. The number of hydrogen-bond donors (Lipinski definition) is 1. The number of ether oxygens (including phenoxy) is 1. The van der Waals surface area contributed by atoms with E-state index in [1.54, 1.807) is 57.2 Å². The molecule has 1 N–H and O–H groups in total. The van der Waals surface area contributed by atoms with Gasteiger partial charge in [-0.15, -0.1) is 0 Å². The summed E-state index contributed by atoms with van der Waals surface area (Å²) in [6.07, 6.45) is 3.08. The molecule has 0 fully saturated rings. The molecule has 0 spiro atoms. The summed E-state index contributed by atoms with van der Waals surface area (Å²) >= 11 is 0. The highest BCUT2D eigenvalue weighted by Gasteiger charge is 2.31. The molecule has 40 heavy (non-hydrogen) atoms. The zero-order valence-corrected chi connectivity index (χ0v) is 24.6. The van der Waals surface area contributed by atoms with Gasteiger partial charge in [0, 0.05) is 17.8 Å². The molecule has 2 aromatic heterocycles. The third-order valence-electron chi connectivity index (χ3n) is 6.82. The Morgan fingerprint density at radius 3 is 2.27 bits per heavy atom. The highest BCUT2D eigenvalue weighted by Crippen LogP contribution is 2.40. The maximum atomic E-state index is 14.0. The van der Waals surface area contributed by atoms with Crippen LogP contribution in [0.5, 0.6) is 0 Å². The fourth-order valence-corrected chi connectivity index (χ4v) is 7.06. The third kappa shape index (κ3) is 5.23. The van der Waals surface area contributed by atoms with E-state index in [1.165, 1.54) is 22.3 Å². The lowest BCUT2D eigenvalue weighted by Gasteiger charge is -2.22. The highest BCUT2D eigenvalue weighted by atomic mass is 32.2. The Bertz CT molecular complexity index is 1830. The minimum absolute atomic E-state index is 0.0391. The Morgan fingerprint density at radius 1 is 1.00 bits per heavy atom. The third-order valence-corrected chi connectivity index (χ3v) is 9.66. The van der Waals surface area contributed by atoms with Gasteiger partial charge in [0.05, 0.1) is 32.7 Å². The second-order valence-electron chi connectivity index (χ2n) is 11.1. The number of benzene rings is 2. The van der Waals surface area contributed by atoms with Crippen LogP contribution in [0.2, 0.25) is 0 Å². The van der Waals surface area contributed by atoms with Gasteiger partial charge in [-0.2, -0.15) is 0 Å². The van der Waals surface area contributed by atoms with Crippen LogP contribution in [-0.4, -0.2) is 43.7 Å². The van der Waals surface area contributed by atoms with Crippen LogP contribution in [-0.2, 0) is 31.0 Å². The summed E-state index contributed by atoms with van der Waals surface area (Å²) in [5, 5.41) is 3.66. The van der Waals surface area contributed by atoms with E-state index >= 15 is 0 Å². The molecule has 0 unspecified atom stereocenters. The molecule has 0 radical (unpaired) electrons. The standard InChI is InChI=1S/C29H31N3O6S2/c1-18-6-8-19(9-7-18)40(36,37)32-26-15-12-22-21(11-14-24(22)31-28(33)38-29(2,3)4)23(26)16-27(32)25-13-10-20(17-30-25)39(5,34)35/h6-10,12-13,15-17,24H,11,14H2,1-5H3,(H,31,33)/t24-/m0/s1. The maximum absolute atomic E-state index is 14.0. The van der Waals surface area contributed by atoms with Gasteiger partial charge in [0.2, 0.25) is 0 Å². The SMILES string of the molecule is Cc1ccc(S(=O)(=O)n2c(-c3ccc(S(C)(=O)=O)cn3)cc3c4c(ccc32)[C@@H](NC(=O)OC(C)(C)C)CC4)cc1. The first-order valence-electron chi connectivity index (χ1n) is 12.8. The van der Waals surface area contributed by atoms with Crippen LogP contribution in [0.4, 0.5) is 4.79 Å². The molecular weight excluding hydrogens is 550 g/mol. The molecule has 1 atom stereocenters. The van der Waals surface area contributed by atoms with Gasteiger partial charge < -0.3 is 10.1 Å². The lowest BCUT2D eigenvalue weighted by atomic mass is 10.0. The summed E-state index contributed by atoms with van der Waals surface area (Å²) in [6, 6.07) is 14.6. The number of nitrogens with one attached hydrogen (secondary N) is 1. The normalized spacial score (nSPS) is 15.7. The molecule has 1 aliphatic rings. The number of pyridine rings is 1. The second kappa shape index (κ2) is 9.74. The van der Waals surface area contributed by atoms with Gasteiger partial charge >= 0.3 is 6.09 Å². The smallest absolute Gasteiger partial charge is 0.408 e. The van der Waals surface area contributed by atoms with Gasteiger partial charge in [-0.1, -0.05) is 23.8 Å². The largest absolute Gasteiger partial charge is 0.444 e. The molecule has 5 rings (SSSR count). The van der Waals surface area contributed by atoms with Gasteiger partial charge in [-0.25, -0.2) is 25.6 Å². The number of aryl methyl sites for hydroxylation is 2. The number of amides is 1. The molecule has 1 amide bonds. The first-order chi connectivity index (χ1) is 18.6. The van der Waals surface area contributed by atoms with Crippen molar-refractivity contribution >= 4 is 36.9 Å². The first-order valence-corrected chi connectivity index (χ1v) is 16.1. The summed E-state index contributed by atoms with van der Waals surface area (Å²) in [6.45, 7) is 7.28. The molecular formula is C29H31N3O6S2. The number of alkyl carbamates (subject to hydrolysis) is 1. The number of sulfone groups is 1. The first kappa shape index (κ1) is 27.9. The summed E-state index contributed by atoms with van der Waals surface area (Å²) in [7, 11) is -7.54. The minimum atomic E-state index is -4.06. The molecule has 11 heteroatoms. The van der Waals surface area contributed by atoms with Crippen molar-refractivity contribution in [3.63, 3.8) is 0 Å². The van der Waals surface area contributed by atoms with E-state index in [1.807, 2.05) is 13.0 Å².